The highest BCUT2D eigenvalue weighted by Gasteiger charge is 2.11. The summed E-state index contributed by atoms with van der Waals surface area (Å²) in [6.07, 6.45) is 0. The molecule has 0 aliphatic rings. The molecule has 0 saturated carbocycles. The van der Waals surface area contributed by atoms with Gasteiger partial charge in [-0.15, -0.1) is 0 Å². The second kappa shape index (κ2) is 5.33. The van der Waals surface area contributed by atoms with Crippen LogP contribution < -0.4 is 11.1 Å². The number of nitrogen functional groups attached to an aromatic ring is 1. The molecule has 1 amide bonds. The summed E-state index contributed by atoms with van der Waals surface area (Å²) in [6.45, 7) is 3.82. The maximum Gasteiger partial charge on any atom is 0.255 e. The average molecular weight is 275 g/mol. The van der Waals surface area contributed by atoms with Gasteiger partial charge < -0.3 is 11.1 Å². The molecule has 19 heavy (non-hydrogen) atoms. The van der Waals surface area contributed by atoms with E-state index in [1.165, 1.54) is 0 Å². The van der Waals surface area contributed by atoms with Crippen molar-refractivity contribution < 1.29 is 4.79 Å². The van der Waals surface area contributed by atoms with Crippen LogP contribution in [0.25, 0.3) is 0 Å². The van der Waals surface area contributed by atoms with Crippen LogP contribution in [0, 0.1) is 13.8 Å². The van der Waals surface area contributed by atoms with Gasteiger partial charge >= 0.3 is 0 Å². The summed E-state index contributed by atoms with van der Waals surface area (Å²) in [4.78, 5) is 12.1. The van der Waals surface area contributed by atoms with Crippen LogP contribution in [0.3, 0.4) is 0 Å². The van der Waals surface area contributed by atoms with E-state index >= 15 is 0 Å². The number of nitrogens with two attached hydrogens (primary N) is 1. The lowest BCUT2D eigenvalue weighted by atomic mass is 10.1. The lowest BCUT2D eigenvalue weighted by Gasteiger charge is -2.13. The van der Waals surface area contributed by atoms with E-state index in [9.17, 15) is 4.79 Å². The normalized spacial score (nSPS) is 10.3. The van der Waals surface area contributed by atoms with Gasteiger partial charge in [-0.2, -0.15) is 0 Å². The molecule has 0 saturated heterocycles. The molecule has 4 heteroatoms. The van der Waals surface area contributed by atoms with Gasteiger partial charge in [0.1, 0.15) is 0 Å². The predicted octanol–water partition coefficient (Wildman–Crippen LogP) is 3.79. The second-order valence-electron chi connectivity index (χ2n) is 4.43. The molecule has 0 fully saturated rings. The molecular formula is C15H15ClN2O. The third-order valence-electron chi connectivity index (χ3n) is 3.06. The zero-order valence-corrected chi connectivity index (χ0v) is 11.6. The van der Waals surface area contributed by atoms with E-state index in [-0.39, 0.29) is 5.91 Å². The van der Waals surface area contributed by atoms with E-state index in [2.05, 4.69) is 5.32 Å². The Hall–Kier alpha value is -2.00. The highest BCUT2D eigenvalue weighted by atomic mass is 35.5. The molecule has 0 bridgehead atoms. The number of anilines is 2. The summed E-state index contributed by atoms with van der Waals surface area (Å²) in [5.74, 6) is -0.173. The van der Waals surface area contributed by atoms with Crippen LogP contribution in [0.5, 0.6) is 0 Å². The van der Waals surface area contributed by atoms with Crippen LogP contribution in [-0.2, 0) is 0 Å². The monoisotopic (exact) mass is 274 g/mol. The lowest BCUT2D eigenvalue weighted by Crippen LogP contribution is -2.14. The lowest BCUT2D eigenvalue weighted by molar-refractivity contribution is 0.102. The minimum atomic E-state index is -0.173. The molecule has 0 aliphatic carbocycles. The van der Waals surface area contributed by atoms with Crippen molar-refractivity contribution in [2.45, 2.75) is 13.8 Å². The van der Waals surface area contributed by atoms with Crippen LogP contribution in [0.1, 0.15) is 21.5 Å². The van der Waals surface area contributed by atoms with Crippen LogP contribution >= 0.6 is 11.6 Å². The van der Waals surface area contributed by atoms with Gasteiger partial charge in [0.15, 0.2) is 0 Å². The maximum atomic E-state index is 12.1. The number of amides is 1. The smallest absolute Gasteiger partial charge is 0.255 e. The van der Waals surface area contributed by atoms with Gasteiger partial charge in [-0.05, 0) is 55.3 Å². The average Bonchev–Trinajstić information content (AvgIpc) is 2.40. The van der Waals surface area contributed by atoms with Crippen molar-refractivity contribution in [3.8, 4) is 0 Å². The topological polar surface area (TPSA) is 55.1 Å². The SMILES string of the molecule is Cc1ccc(N)c(C)c1NC(=O)c1ccc(Cl)cc1. The van der Waals surface area contributed by atoms with Crippen LogP contribution in [-0.4, -0.2) is 5.91 Å². The molecular weight excluding hydrogens is 260 g/mol. The number of aryl methyl sites for hydroxylation is 1. The molecule has 0 aliphatic heterocycles. The third kappa shape index (κ3) is 2.88. The Morgan fingerprint density at radius 3 is 2.37 bits per heavy atom. The zero-order valence-electron chi connectivity index (χ0n) is 10.8. The molecule has 0 spiro atoms. The summed E-state index contributed by atoms with van der Waals surface area (Å²) in [5, 5.41) is 3.50. The van der Waals surface area contributed by atoms with Crippen molar-refractivity contribution in [1.82, 2.24) is 0 Å². The first kappa shape index (κ1) is 13.4. The summed E-state index contributed by atoms with van der Waals surface area (Å²) in [7, 11) is 0. The van der Waals surface area contributed by atoms with Crippen molar-refractivity contribution in [1.29, 1.82) is 0 Å². The van der Waals surface area contributed by atoms with Crippen molar-refractivity contribution in [3.05, 3.63) is 58.1 Å². The van der Waals surface area contributed by atoms with Crippen LogP contribution in [0.15, 0.2) is 36.4 Å². The number of benzene rings is 2. The van der Waals surface area contributed by atoms with E-state index in [0.29, 0.717) is 16.3 Å². The number of rotatable bonds is 2. The predicted molar refractivity (Wildman–Crippen MR) is 79.7 cm³/mol. The van der Waals surface area contributed by atoms with Crippen LogP contribution in [0.4, 0.5) is 11.4 Å². The van der Waals surface area contributed by atoms with E-state index < -0.39 is 0 Å². The molecule has 0 atom stereocenters. The highest BCUT2D eigenvalue weighted by Crippen LogP contribution is 2.25. The number of hydrogen-bond acceptors (Lipinski definition) is 2. The van der Waals surface area contributed by atoms with E-state index in [1.807, 2.05) is 26.0 Å². The van der Waals surface area contributed by atoms with Crippen molar-refractivity contribution >= 4 is 28.9 Å². The fourth-order valence-corrected chi connectivity index (χ4v) is 1.97. The van der Waals surface area contributed by atoms with Gasteiger partial charge in [0, 0.05) is 22.0 Å². The molecule has 3 nitrogen and oxygen atoms in total. The van der Waals surface area contributed by atoms with Crippen molar-refractivity contribution in [2.75, 3.05) is 11.1 Å². The van der Waals surface area contributed by atoms with E-state index in [0.717, 1.165) is 16.8 Å². The molecule has 2 aromatic rings. The number of halogens is 1. The van der Waals surface area contributed by atoms with Crippen molar-refractivity contribution in [3.63, 3.8) is 0 Å². The van der Waals surface area contributed by atoms with Gasteiger partial charge in [0.05, 0.1) is 0 Å². The van der Waals surface area contributed by atoms with Gasteiger partial charge in [-0.3, -0.25) is 4.79 Å². The molecule has 98 valence electrons. The van der Waals surface area contributed by atoms with Gasteiger partial charge in [-0.1, -0.05) is 17.7 Å². The van der Waals surface area contributed by atoms with E-state index in [1.54, 1.807) is 24.3 Å². The molecule has 2 aromatic carbocycles. The largest absolute Gasteiger partial charge is 0.398 e. The minimum Gasteiger partial charge on any atom is -0.398 e. The number of carbonyl (C=O) groups is 1. The first-order valence-electron chi connectivity index (χ1n) is 5.91. The molecule has 0 heterocycles. The maximum absolute atomic E-state index is 12.1. The molecule has 0 radical (unpaired) electrons. The molecule has 0 aromatic heterocycles. The zero-order chi connectivity index (χ0) is 14.0. The fraction of sp³-hybridized carbons (Fsp3) is 0.133. The Balaban J connectivity index is 2.29. The second-order valence-corrected chi connectivity index (χ2v) is 4.87. The van der Waals surface area contributed by atoms with Gasteiger partial charge in [-0.25, -0.2) is 0 Å². The summed E-state index contributed by atoms with van der Waals surface area (Å²) in [5.41, 5.74) is 9.70. The first-order chi connectivity index (χ1) is 8.99. The highest BCUT2D eigenvalue weighted by molar-refractivity contribution is 6.30. The van der Waals surface area contributed by atoms with Gasteiger partial charge in [0.25, 0.3) is 5.91 Å². The minimum absolute atomic E-state index is 0.173. The number of nitrogens with one attached hydrogen (secondary N) is 1. The molecule has 2 rings (SSSR count). The summed E-state index contributed by atoms with van der Waals surface area (Å²) >= 11 is 5.80. The Morgan fingerprint density at radius 1 is 1.11 bits per heavy atom. The molecule has 0 unspecified atom stereocenters. The van der Waals surface area contributed by atoms with E-state index in [4.69, 9.17) is 17.3 Å². The van der Waals surface area contributed by atoms with Crippen LogP contribution in [0.2, 0.25) is 5.02 Å². The third-order valence-corrected chi connectivity index (χ3v) is 3.31. The van der Waals surface area contributed by atoms with Crippen molar-refractivity contribution in [2.24, 2.45) is 0 Å². The fourth-order valence-electron chi connectivity index (χ4n) is 1.84. The Morgan fingerprint density at radius 2 is 1.74 bits per heavy atom. The van der Waals surface area contributed by atoms with Gasteiger partial charge in [0.2, 0.25) is 0 Å². The molecule has 3 N–H and O–H groups in total. The quantitative estimate of drug-likeness (QED) is 0.819. The summed E-state index contributed by atoms with van der Waals surface area (Å²) < 4.78 is 0. The summed E-state index contributed by atoms with van der Waals surface area (Å²) in [6, 6.07) is 10.5. The Bertz CT molecular complexity index is 621. The number of carbonyl (C=O) groups excluding carboxylic acids is 1. The Kier molecular flexibility index (Phi) is 3.76. The number of hydrogen-bond donors (Lipinski definition) is 2. The first-order valence-corrected chi connectivity index (χ1v) is 6.29. The Labute approximate surface area is 117 Å². The standard InChI is InChI=1S/C15H15ClN2O/c1-9-3-8-13(17)10(2)14(9)18-15(19)11-4-6-12(16)7-5-11/h3-8H,17H2,1-2H3,(H,18,19).